The minimum absolute atomic E-state index is 0.0645. The first-order chi connectivity index (χ1) is 22.7. The molecular weight excluding hydrogens is 705 g/mol. The van der Waals surface area contributed by atoms with Gasteiger partial charge in [-0.1, -0.05) is 41.6 Å². The van der Waals surface area contributed by atoms with Crippen LogP contribution in [0, 0.1) is 24.3 Å². The van der Waals surface area contributed by atoms with E-state index >= 15 is 0 Å². The normalized spacial score (nSPS) is 11.0. The Bertz CT molecular complexity index is 2390. The molecule has 7 rings (SSSR count). The lowest BCUT2D eigenvalue weighted by atomic mass is 10.1. The molecule has 0 aliphatic carbocycles. The third-order valence-corrected chi connectivity index (χ3v) is 8.36. The smallest absolute Gasteiger partial charge is 0.220 e. The van der Waals surface area contributed by atoms with Crippen LogP contribution in [-0.4, -0.2) is 30.0 Å². The van der Waals surface area contributed by atoms with Gasteiger partial charge in [-0.05, 0) is 91.9 Å². The minimum atomic E-state index is -0.450. The highest BCUT2D eigenvalue weighted by molar-refractivity contribution is 14.1. The molecule has 0 radical (unpaired) electrons. The summed E-state index contributed by atoms with van der Waals surface area (Å²) in [5.41, 5.74) is 5.41. The van der Waals surface area contributed by atoms with Crippen LogP contribution in [0.25, 0.3) is 21.8 Å². The summed E-state index contributed by atoms with van der Waals surface area (Å²) in [7, 11) is 0. The molecule has 5 aromatic heterocycles. The zero-order valence-corrected chi connectivity index (χ0v) is 28.1. The molecule has 0 amide bonds. The zero-order chi connectivity index (χ0) is 33.1. The number of ketones is 1. The molecular formula is C37H30IN5O4. The number of aryl methyl sites for hydroxylation is 3. The summed E-state index contributed by atoms with van der Waals surface area (Å²) < 4.78 is 9.67. The summed E-state index contributed by atoms with van der Waals surface area (Å²) in [6.45, 7) is 6.72. The maximum absolute atomic E-state index is 12.9. The highest BCUT2D eigenvalue weighted by atomic mass is 127. The summed E-state index contributed by atoms with van der Waals surface area (Å²) in [4.78, 5) is 46.9. The Balaban J connectivity index is 0.000000172. The highest BCUT2D eigenvalue weighted by Gasteiger charge is 2.20. The topological polar surface area (TPSA) is 113 Å². The van der Waals surface area contributed by atoms with Crippen molar-refractivity contribution in [3.63, 3.8) is 0 Å². The van der Waals surface area contributed by atoms with E-state index in [1.165, 1.54) is 6.07 Å². The average Bonchev–Trinajstić information content (AvgIpc) is 3.51. The van der Waals surface area contributed by atoms with Crippen LogP contribution >= 0.6 is 22.6 Å². The van der Waals surface area contributed by atoms with E-state index in [1.54, 1.807) is 25.3 Å². The number of aromatic nitrogens is 5. The molecule has 9 nitrogen and oxygen atoms in total. The van der Waals surface area contributed by atoms with Crippen molar-refractivity contribution in [2.24, 2.45) is 0 Å². The van der Waals surface area contributed by atoms with E-state index in [1.807, 2.05) is 97.4 Å². The number of nitrogens with zero attached hydrogens (tertiary/aromatic N) is 5. The lowest BCUT2D eigenvalue weighted by molar-refractivity contribution is 0.102. The van der Waals surface area contributed by atoms with E-state index in [9.17, 15) is 14.4 Å². The molecule has 47 heavy (non-hydrogen) atoms. The predicted molar refractivity (Wildman–Crippen MR) is 190 cm³/mol. The monoisotopic (exact) mass is 735 g/mol. The number of benzene rings is 2. The maximum Gasteiger partial charge on any atom is 0.220 e. The van der Waals surface area contributed by atoms with Crippen molar-refractivity contribution in [1.29, 1.82) is 0 Å². The number of rotatable bonds is 6. The number of hydrogen-bond acceptors (Lipinski definition) is 7. The molecule has 0 aliphatic rings. The quantitative estimate of drug-likeness (QED) is 0.139. The number of fused-ring (bicyclic) bond motifs is 2. The van der Waals surface area contributed by atoms with Crippen LogP contribution in [0.3, 0.4) is 0 Å². The molecule has 5 heterocycles. The van der Waals surface area contributed by atoms with E-state index in [-0.39, 0.29) is 22.1 Å². The van der Waals surface area contributed by atoms with Crippen LogP contribution in [0.15, 0.2) is 118 Å². The van der Waals surface area contributed by atoms with Gasteiger partial charge in [-0.3, -0.25) is 24.4 Å². The molecule has 7 aromatic rings. The minimum Gasteiger partial charge on any atom is -0.361 e. The standard InChI is InChI=1S/C21H17N3O3.C16H13IN2O/c1-13-6-5-7-15(22-13)11-24-12-17(21(26)18-10-14(2)27-23-18)20(25)16-8-3-4-9-19(16)24;1-11-5-4-6-12(18-11)9-19-10-14(17)16(20)13-7-2-3-8-15(13)19/h3-10,12H,11H2,1-2H3;2-8,10H,9H2,1H3. The summed E-state index contributed by atoms with van der Waals surface area (Å²) in [6.07, 6.45) is 3.48. The molecule has 0 aliphatic heterocycles. The van der Waals surface area contributed by atoms with Crippen molar-refractivity contribution in [2.75, 3.05) is 0 Å². The SMILES string of the molecule is Cc1cccc(Cn2cc(C(=O)c3cc(C)on3)c(=O)c3ccccc32)n1.Cc1cccc(Cn2cc(I)c(=O)c3ccccc32)n1. The van der Waals surface area contributed by atoms with Gasteiger partial charge in [-0.2, -0.15) is 0 Å². The highest BCUT2D eigenvalue weighted by Crippen LogP contribution is 2.17. The van der Waals surface area contributed by atoms with Gasteiger partial charge in [0.05, 0.1) is 44.6 Å². The Morgan fingerprint density at radius 2 is 1.23 bits per heavy atom. The van der Waals surface area contributed by atoms with E-state index in [0.717, 1.165) is 42.8 Å². The fraction of sp³-hybridized carbons (Fsp3) is 0.135. The van der Waals surface area contributed by atoms with Gasteiger partial charge >= 0.3 is 0 Å². The molecule has 0 atom stereocenters. The third kappa shape index (κ3) is 6.97. The summed E-state index contributed by atoms with van der Waals surface area (Å²) in [5.74, 6) is 0.0666. The van der Waals surface area contributed by atoms with Crippen LogP contribution in [-0.2, 0) is 13.1 Å². The Morgan fingerprint density at radius 3 is 1.77 bits per heavy atom. The zero-order valence-electron chi connectivity index (χ0n) is 26.0. The first-order valence-corrected chi connectivity index (χ1v) is 16.0. The van der Waals surface area contributed by atoms with Crippen LogP contribution in [0.5, 0.6) is 0 Å². The number of carbonyl (C=O) groups is 1. The van der Waals surface area contributed by atoms with Crippen molar-refractivity contribution in [3.05, 3.63) is 167 Å². The molecule has 2 aromatic carbocycles. The molecule has 0 N–H and O–H groups in total. The maximum atomic E-state index is 12.9. The average molecular weight is 736 g/mol. The third-order valence-electron chi connectivity index (χ3n) is 7.59. The summed E-state index contributed by atoms with van der Waals surface area (Å²) in [5, 5.41) is 4.99. The molecule has 0 spiro atoms. The molecule has 0 saturated carbocycles. The van der Waals surface area contributed by atoms with Crippen LogP contribution in [0.1, 0.15) is 44.6 Å². The predicted octanol–water partition coefficient (Wildman–Crippen LogP) is 6.64. The Kier molecular flexibility index (Phi) is 9.21. The fourth-order valence-electron chi connectivity index (χ4n) is 5.41. The number of para-hydroxylation sites is 2. The van der Waals surface area contributed by atoms with Gasteiger partial charge in [0.25, 0.3) is 0 Å². The van der Waals surface area contributed by atoms with Crippen molar-refractivity contribution in [2.45, 2.75) is 33.9 Å². The summed E-state index contributed by atoms with van der Waals surface area (Å²) >= 11 is 2.09. The summed E-state index contributed by atoms with van der Waals surface area (Å²) in [6, 6.07) is 28.2. The van der Waals surface area contributed by atoms with E-state index in [2.05, 4.69) is 42.3 Å². The van der Waals surface area contributed by atoms with Gasteiger partial charge < -0.3 is 13.7 Å². The van der Waals surface area contributed by atoms with Crippen LogP contribution < -0.4 is 10.9 Å². The molecule has 0 bridgehead atoms. The van der Waals surface area contributed by atoms with Gasteiger partial charge in [0.15, 0.2) is 5.69 Å². The van der Waals surface area contributed by atoms with Gasteiger partial charge in [-0.15, -0.1) is 0 Å². The van der Waals surface area contributed by atoms with Gasteiger partial charge in [0.1, 0.15) is 5.76 Å². The Hall–Kier alpha value is -5.23. The number of carbonyl (C=O) groups excluding carboxylic acids is 1. The molecule has 0 fully saturated rings. The van der Waals surface area contributed by atoms with Gasteiger partial charge in [0.2, 0.25) is 16.6 Å². The lowest BCUT2D eigenvalue weighted by Crippen LogP contribution is -2.20. The Labute approximate surface area is 283 Å². The largest absolute Gasteiger partial charge is 0.361 e. The fourth-order valence-corrected chi connectivity index (χ4v) is 6.04. The Morgan fingerprint density at radius 1 is 0.702 bits per heavy atom. The second-order valence-corrected chi connectivity index (χ2v) is 12.3. The number of pyridine rings is 4. The number of halogens is 1. The second-order valence-electron chi connectivity index (χ2n) is 11.2. The molecule has 10 heteroatoms. The molecule has 234 valence electrons. The first-order valence-electron chi connectivity index (χ1n) is 14.9. The van der Waals surface area contributed by atoms with E-state index in [4.69, 9.17) is 4.52 Å². The number of hydrogen-bond donors (Lipinski definition) is 0. The van der Waals surface area contributed by atoms with E-state index in [0.29, 0.717) is 24.2 Å². The van der Waals surface area contributed by atoms with Crippen molar-refractivity contribution in [3.8, 4) is 0 Å². The molecule has 0 saturated heterocycles. The van der Waals surface area contributed by atoms with Crippen molar-refractivity contribution in [1.82, 2.24) is 24.3 Å². The van der Waals surface area contributed by atoms with E-state index < -0.39 is 5.78 Å². The van der Waals surface area contributed by atoms with Crippen LogP contribution in [0.4, 0.5) is 0 Å². The first kappa shape index (κ1) is 31.7. The lowest BCUT2D eigenvalue weighted by Gasteiger charge is -2.13. The van der Waals surface area contributed by atoms with Crippen molar-refractivity contribution < 1.29 is 9.32 Å². The van der Waals surface area contributed by atoms with Gasteiger partial charge in [-0.25, -0.2) is 0 Å². The van der Waals surface area contributed by atoms with Crippen molar-refractivity contribution >= 4 is 50.2 Å². The second kappa shape index (κ2) is 13.6. The van der Waals surface area contributed by atoms with Crippen LogP contribution in [0.2, 0.25) is 0 Å². The van der Waals surface area contributed by atoms with Gasteiger partial charge in [0, 0.05) is 40.6 Å². The molecule has 0 unspecified atom stereocenters.